The highest BCUT2D eigenvalue weighted by molar-refractivity contribution is 7.91. The van der Waals surface area contributed by atoms with Crippen LogP contribution in [0.5, 0.6) is 0 Å². The van der Waals surface area contributed by atoms with Gasteiger partial charge in [-0.3, -0.25) is 9.69 Å². The van der Waals surface area contributed by atoms with E-state index in [9.17, 15) is 26.4 Å². The molecule has 31 heavy (non-hydrogen) atoms. The van der Waals surface area contributed by atoms with E-state index in [0.29, 0.717) is 26.2 Å². The van der Waals surface area contributed by atoms with Crippen molar-refractivity contribution in [3.05, 3.63) is 18.2 Å². The number of sulfone groups is 1. The number of aliphatic carboxylic acids is 1. The molecule has 0 spiro atoms. The molecule has 0 saturated carbocycles. The van der Waals surface area contributed by atoms with Crippen LogP contribution < -0.4 is 0 Å². The molecular weight excluding hydrogens is 445 g/mol. The Morgan fingerprint density at radius 1 is 1.35 bits per heavy atom. The molecule has 0 aromatic carbocycles. The maximum atomic E-state index is 11.7. The molecule has 1 atom stereocenters. The molecule has 178 valence electrons. The number of nitrogens with zero attached hydrogens (tertiary/aromatic N) is 4. The van der Waals surface area contributed by atoms with Crippen LogP contribution in [-0.2, 0) is 30.7 Å². The van der Waals surface area contributed by atoms with Gasteiger partial charge in [0.15, 0.2) is 9.84 Å². The molecule has 1 N–H and O–H groups in total. The Kier molecular flexibility index (Phi) is 9.90. The maximum absolute atomic E-state index is 11.7. The molecule has 1 aromatic heterocycles. The van der Waals surface area contributed by atoms with Crippen molar-refractivity contribution in [1.82, 2.24) is 19.4 Å². The first-order chi connectivity index (χ1) is 14.3. The van der Waals surface area contributed by atoms with E-state index in [0.717, 1.165) is 5.69 Å². The zero-order valence-corrected chi connectivity index (χ0v) is 18.3. The van der Waals surface area contributed by atoms with Crippen molar-refractivity contribution in [2.24, 2.45) is 0 Å². The first kappa shape index (κ1) is 26.8. The molecule has 10 nitrogen and oxygen atoms in total. The van der Waals surface area contributed by atoms with Gasteiger partial charge >= 0.3 is 12.1 Å². The number of imidazole rings is 1. The highest BCUT2D eigenvalue weighted by Gasteiger charge is 2.38. The minimum Gasteiger partial charge on any atom is -0.475 e. The van der Waals surface area contributed by atoms with Gasteiger partial charge in [-0.25, -0.2) is 18.2 Å². The molecule has 1 aliphatic rings. The number of hydrogen-bond acceptors (Lipinski definition) is 7. The molecule has 1 unspecified atom stereocenters. The Morgan fingerprint density at radius 2 is 1.97 bits per heavy atom. The van der Waals surface area contributed by atoms with Gasteiger partial charge in [0.05, 0.1) is 30.4 Å². The summed E-state index contributed by atoms with van der Waals surface area (Å²) in [6, 6.07) is 0.0237. The molecule has 14 heteroatoms. The summed E-state index contributed by atoms with van der Waals surface area (Å²) < 4.78 is 62.8. The molecule has 0 aliphatic carbocycles. The number of carbonyl (C=O) groups excluding carboxylic acids is 1. The van der Waals surface area contributed by atoms with E-state index < -0.39 is 22.0 Å². The van der Waals surface area contributed by atoms with Gasteiger partial charge in [-0.2, -0.15) is 13.2 Å². The third kappa shape index (κ3) is 9.23. The zero-order valence-electron chi connectivity index (χ0n) is 17.5. The van der Waals surface area contributed by atoms with Crippen LogP contribution in [0.15, 0.2) is 12.5 Å². The second-order valence-electron chi connectivity index (χ2n) is 7.02. The van der Waals surface area contributed by atoms with Crippen LogP contribution in [-0.4, -0.2) is 103 Å². The summed E-state index contributed by atoms with van der Waals surface area (Å²) in [5, 5.41) is 7.12. The van der Waals surface area contributed by atoms with E-state index >= 15 is 0 Å². The molecular formula is C17H27F3N4O6S. The fraction of sp³-hybridized carbons (Fsp3) is 0.706. The number of carboxylic acids is 1. The molecule has 0 saturated heterocycles. The number of fused-ring (bicyclic) bond motifs is 1. The lowest BCUT2D eigenvalue weighted by atomic mass is 10.2. The van der Waals surface area contributed by atoms with Crippen molar-refractivity contribution in [2.45, 2.75) is 25.7 Å². The van der Waals surface area contributed by atoms with Crippen molar-refractivity contribution in [2.75, 3.05) is 51.9 Å². The first-order valence-corrected chi connectivity index (χ1v) is 11.1. The number of amides is 1. The number of carboxylic acid groups (broad SMARTS) is 1. The summed E-state index contributed by atoms with van der Waals surface area (Å²) in [6.07, 6.45) is -1.53. The highest BCUT2D eigenvalue weighted by atomic mass is 32.2. The Hall–Kier alpha value is -2.19. The maximum Gasteiger partial charge on any atom is 0.490 e. The number of alkyl halides is 3. The predicted molar refractivity (Wildman–Crippen MR) is 104 cm³/mol. The number of halogens is 3. The van der Waals surface area contributed by atoms with E-state index in [2.05, 4.69) is 9.88 Å². The van der Waals surface area contributed by atoms with Crippen molar-refractivity contribution in [3.63, 3.8) is 0 Å². The van der Waals surface area contributed by atoms with E-state index in [1.807, 2.05) is 4.57 Å². The SMILES string of the molecule is CCS(=O)(=O)CCN1Cc2cncn2C(COCC(=O)N(C)C)C1.O=C(O)C(F)(F)F. The van der Waals surface area contributed by atoms with Gasteiger partial charge < -0.3 is 19.3 Å². The van der Waals surface area contributed by atoms with E-state index in [-0.39, 0.29) is 30.1 Å². The van der Waals surface area contributed by atoms with E-state index in [1.54, 1.807) is 33.5 Å². The quantitative estimate of drug-likeness (QED) is 0.578. The van der Waals surface area contributed by atoms with E-state index in [4.69, 9.17) is 14.6 Å². The number of hydrogen-bond donors (Lipinski definition) is 1. The second-order valence-corrected chi connectivity index (χ2v) is 9.50. The third-order valence-corrected chi connectivity index (χ3v) is 6.11. The summed E-state index contributed by atoms with van der Waals surface area (Å²) in [5.74, 6) is -2.52. The van der Waals surface area contributed by atoms with Gasteiger partial charge in [0.2, 0.25) is 5.91 Å². The van der Waals surface area contributed by atoms with Gasteiger partial charge in [-0.05, 0) is 0 Å². The number of carbonyl (C=O) groups is 2. The molecule has 0 fully saturated rings. The Bertz CT molecular complexity index is 841. The molecule has 0 radical (unpaired) electrons. The summed E-state index contributed by atoms with van der Waals surface area (Å²) in [6.45, 7) is 3.94. The van der Waals surface area contributed by atoms with Crippen LogP contribution in [0.2, 0.25) is 0 Å². The van der Waals surface area contributed by atoms with Crippen LogP contribution >= 0.6 is 0 Å². The van der Waals surface area contributed by atoms with Crippen LogP contribution in [0.1, 0.15) is 18.7 Å². The van der Waals surface area contributed by atoms with Gasteiger partial charge in [0.25, 0.3) is 0 Å². The largest absolute Gasteiger partial charge is 0.490 e. The smallest absolute Gasteiger partial charge is 0.475 e. The minimum absolute atomic E-state index is 0.0237. The highest BCUT2D eigenvalue weighted by Crippen LogP contribution is 2.21. The average molecular weight is 472 g/mol. The minimum atomic E-state index is -5.08. The van der Waals surface area contributed by atoms with Gasteiger partial charge in [0.1, 0.15) is 6.61 Å². The summed E-state index contributed by atoms with van der Waals surface area (Å²) >= 11 is 0. The first-order valence-electron chi connectivity index (χ1n) is 9.28. The lowest BCUT2D eigenvalue weighted by Gasteiger charge is -2.34. The average Bonchev–Trinajstić information content (AvgIpc) is 3.14. The molecule has 1 amide bonds. The molecule has 1 aromatic rings. The summed E-state index contributed by atoms with van der Waals surface area (Å²) in [5.41, 5.74) is 1.03. The third-order valence-electron chi connectivity index (χ3n) is 4.43. The topological polar surface area (TPSA) is 122 Å². The van der Waals surface area contributed by atoms with E-state index in [1.165, 1.54) is 4.90 Å². The standard InChI is InChI=1S/C15H26N4O4S.C2HF3O2/c1-4-24(21,22)6-5-18-8-13-7-16-12-19(13)14(9-18)10-23-11-15(20)17(2)3;3-2(4,5)1(6)7/h7,12,14H,4-6,8-11H2,1-3H3;(H,6,7). The van der Waals surface area contributed by atoms with Crippen molar-refractivity contribution >= 4 is 21.7 Å². The van der Waals surface area contributed by atoms with Crippen LogP contribution in [0.3, 0.4) is 0 Å². The van der Waals surface area contributed by atoms with Crippen LogP contribution in [0.25, 0.3) is 0 Å². The van der Waals surface area contributed by atoms with Crippen molar-refractivity contribution in [3.8, 4) is 0 Å². The van der Waals surface area contributed by atoms with Gasteiger partial charge in [-0.15, -0.1) is 0 Å². The monoisotopic (exact) mass is 472 g/mol. The Balaban J connectivity index is 0.000000592. The normalized spacial score (nSPS) is 16.8. The number of ether oxygens (including phenoxy) is 1. The van der Waals surface area contributed by atoms with Crippen LogP contribution in [0.4, 0.5) is 13.2 Å². The lowest BCUT2D eigenvalue weighted by Crippen LogP contribution is -2.41. The fourth-order valence-electron chi connectivity index (χ4n) is 2.59. The summed E-state index contributed by atoms with van der Waals surface area (Å²) in [7, 11) is 0.398. The fourth-order valence-corrected chi connectivity index (χ4v) is 3.42. The predicted octanol–water partition coefficient (Wildman–Crippen LogP) is 0.413. The molecule has 1 aliphatic heterocycles. The summed E-state index contributed by atoms with van der Waals surface area (Å²) in [4.78, 5) is 28.3. The number of aromatic nitrogens is 2. The van der Waals surface area contributed by atoms with Gasteiger partial charge in [-0.1, -0.05) is 6.92 Å². The molecule has 2 heterocycles. The van der Waals surface area contributed by atoms with Crippen molar-refractivity contribution < 1.29 is 41.0 Å². The number of rotatable bonds is 8. The Morgan fingerprint density at radius 3 is 2.48 bits per heavy atom. The molecule has 0 bridgehead atoms. The van der Waals surface area contributed by atoms with Crippen LogP contribution in [0, 0.1) is 0 Å². The number of likely N-dealkylation sites (N-methyl/N-ethyl adjacent to an activating group) is 1. The lowest BCUT2D eigenvalue weighted by molar-refractivity contribution is -0.192. The molecule has 2 rings (SSSR count). The van der Waals surface area contributed by atoms with Gasteiger partial charge in [0, 0.05) is 45.7 Å². The second kappa shape index (κ2) is 11.4. The van der Waals surface area contributed by atoms with Crippen molar-refractivity contribution in [1.29, 1.82) is 0 Å². The zero-order chi connectivity index (χ0) is 23.8. The Labute approximate surface area is 178 Å².